The van der Waals surface area contributed by atoms with E-state index in [1.807, 2.05) is 41.8 Å². The van der Waals surface area contributed by atoms with Crippen LogP contribution in [-0.4, -0.2) is 44.7 Å². The molecule has 13 heteroatoms. The summed E-state index contributed by atoms with van der Waals surface area (Å²) in [5.74, 6) is 0.789. The van der Waals surface area contributed by atoms with Crippen LogP contribution in [0.15, 0.2) is 112 Å². The minimum atomic E-state index is -0.512. The largest absolute Gasteiger partial charge is 0.497 e. The second-order valence-electron chi connectivity index (χ2n) is 10.4. The highest BCUT2D eigenvalue weighted by Gasteiger charge is 2.22. The fraction of sp³-hybridized carbons (Fsp3) is 0.118. The van der Waals surface area contributed by atoms with E-state index in [2.05, 4.69) is 26.8 Å². The maximum atomic E-state index is 13.9. The third kappa shape index (κ3) is 6.89. The van der Waals surface area contributed by atoms with Gasteiger partial charge in [-0.05, 0) is 70.9 Å². The molecule has 0 fully saturated rings. The van der Waals surface area contributed by atoms with E-state index >= 15 is 0 Å². The van der Waals surface area contributed by atoms with Gasteiger partial charge in [-0.25, -0.2) is 9.82 Å². The Kier molecular flexibility index (Phi) is 9.06. The molecule has 47 heavy (non-hydrogen) atoms. The molecular weight excluding hydrogens is 623 g/mol. The number of aromatic nitrogens is 3. The van der Waals surface area contributed by atoms with Gasteiger partial charge in [-0.3, -0.25) is 19.5 Å². The Bertz CT molecular complexity index is 2100. The molecule has 0 bridgehead atoms. The molecule has 0 radical (unpaired) electrons. The number of hydrazone groups is 1. The number of hydrogen-bond donors (Lipinski definition) is 1. The van der Waals surface area contributed by atoms with Crippen molar-refractivity contribution in [3.05, 3.63) is 130 Å². The number of nitrogens with zero attached hydrogens (tertiary/aromatic N) is 5. The molecule has 6 rings (SSSR count). The standard InChI is InChI=1S/C34H27FN6O5S/c1-21(22-5-6-24-18-29(45-2)13-7-23(24)16-22)33-38-39-34(40(33)27-10-8-26(35)9-11-27)47-20-32(42)37-36-19-25-17-28(41(43)44)12-14-30(25)31-4-3-15-46-31/h3-19,21H,20H2,1-2H3,(H,37,42)/b36-19+. The van der Waals surface area contributed by atoms with Crippen LogP contribution in [0.25, 0.3) is 27.8 Å². The molecule has 0 saturated carbocycles. The molecule has 0 saturated heterocycles. The number of amides is 1. The zero-order valence-electron chi connectivity index (χ0n) is 25.2. The number of nitro benzene ring substituents is 1. The smallest absolute Gasteiger partial charge is 0.270 e. The highest BCUT2D eigenvalue weighted by atomic mass is 32.2. The van der Waals surface area contributed by atoms with Gasteiger partial charge in [0, 0.05) is 34.9 Å². The summed E-state index contributed by atoms with van der Waals surface area (Å²) in [6, 6.07) is 25.7. The Morgan fingerprint density at radius 1 is 1.09 bits per heavy atom. The number of fused-ring (bicyclic) bond motifs is 1. The highest BCUT2D eigenvalue weighted by molar-refractivity contribution is 7.99. The van der Waals surface area contributed by atoms with E-state index in [1.54, 1.807) is 37.4 Å². The molecule has 0 aliphatic rings. The minimum absolute atomic E-state index is 0.0666. The van der Waals surface area contributed by atoms with Crippen molar-refractivity contribution >= 4 is 40.3 Å². The van der Waals surface area contributed by atoms with E-state index in [0.717, 1.165) is 33.8 Å². The van der Waals surface area contributed by atoms with Gasteiger partial charge in [0.25, 0.3) is 11.6 Å². The lowest BCUT2D eigenvalue weighted by molar-refractivity contribution is -0.384. The first-order valence-corrected chi connectivity index (χ1v) is 15.4. The van der Waals surface area contributed by atoms with Crippen LogP contribution in [-0.2, 0) is 4.79 Å². The van der Waals surface area contributed by atoms with Crippen molar-refractivity contribution < 1.29 is 23.3 Å². The SMILES string of the molecule is COc1ccc2cc(C(C)c3nnc(SCC(=O)N/N=C/c4cc([N+](=O)[O-])ccc4-c4ccco4)n3-c3ccc(F)cc3)ccc2c1. The fourth-order valence-electron chi connectivity index (χ4n) is 5.04. The Morgan fingerprint density at radius 2 is 1.87 bits per heavy atom. The van der Waals surface area contributed by atoms with Crippen LogP contribution >= 0.6 is 11.8 Å². The predicted molar refractivity (Wildman–Crippen MR) is 177 cm³/mol. The number of carbonyl (C=O) groups excluding carboxylic acids is 1. The van der Waals surface area contributed by atoms with Crippen molar-refractivity contribution in [2.24, 2.45) is 5.10 Å². The van der Waals surface area contributed by atoms with E-state index in [9.17, 15) is 19.3 Å². The van der Waals surface area contributed by atoms with Crippen molar-refractivity contribution in [3.63, 3.8) is 0 Å². The van der Waals surface area contributed by atoms with Gasteiger partial charge in [-0.2, -0.15) is 5.10 Å². The summed E-state index contributed by atoms with van der Waals surface area (Å²) in [4.78, 5) is 23.6. The number of halogens is 1. The quantitative estimate of drug-likeness (QED) is 0.0677. The van der Waals surface area contributed by atoms with Gasteiger partial charge in [0.15, 0.2) is 5.16 Å². The Morgan fingerprint density at radius 3 is 2.62 bits per heavy atom. The number of thioether (sulfide) groups is 1. The predicted octanol–water partition coefficient (Wildman–Crippen LogP) is 7.13. The molecular formula is C34H27FN6O5S. The highest BCUT2D eigenvalue weighted by Crippen LogP contribution is 2.32. The van der Waals surface area contributed by atoms with Crippen LogP contribution in [0.5, 0.6) is 5.75 Å². The summed E-state index contributed by atoms with van der Waals surface area (Å²) in [5, 5.41) is 26.7. The first-order valence-electron chi connectivity index (χ1n) is 14.4. The topological polar surface area (TPSA) is 138 Å². The molecule has 2 aromatic heterocycles. The number of rotatable bonds is 11. The third-order valence-corrected chi connectivity index (χ3v) is 8.39. The fourth-order valence-corrected chi connectivity index (χ4v) is 5.79. The summed E-state index contributed by atoms with van der Waals surface area (Å²) >= 11 is 1.14. The molecule has 0 spiro atoms. The summed E-state index contributed by atoms with van der Waals surface area (Å²) in [7, 11) is 1.63. The Labute approximate surface area is 272 Å². The second-order valence-corrected chi connectivity index (χ2v) is 11.4. The number of ether oxygens (including phenoxy) is 1. The third-order valence-electron chi connectivity index (χ3n) is 7.46. The zero-order valence-corrected chi connectivity index (χ0v) is 26.0. The lowest BCUT2D eigenvalue weighted by Gasteiger charge is -2.16. The number of nitro groups is 1. The number of methoxy groups -OCH3 is 1. The summed E-state index contributed by atoms with van der Waals surface area (Å²) in [5.41, 5.74) is 4.94. The van der Waals surface area contributed by atoms with Crippen LogP contribution in [0, 0.1) is 15.9 Å². The maximum Gasteiger partial charge on any atom is 0.270 e. The molecule has 1 atom stereocenters. The number of benzene rings is 4. The van der Waals surface area contributed by atoms with Crippen LogP contribution in [0.1, 0.15) is 29.8 Å². The number of furan rings is 1. The summed E-state index contributed by atoms with van der Waals surface area (Å²) < 4.78 is 26.5. The second kappa shape index (κ2) is 13.7. The van der Waals surface area contributed by atoms with Crippen molar-refractivity contribution in [1.29, 1.82) is 0 Å². The molecule has 2 heterocycles. The van der Waals surface area contributed by atoms with Crippen LogP contribution in [0.2, 0.25) is 0 Å². The van der Waals surface area contributed by atoms with Gasteiger partial charge in [-0.15, -0.1) is 10.2 Å². The first kappa shape index (κ1) is 31.2. The number of hydrogen-bond acceptors (Lipinski definition) is 9. The van der Waals surface area contributed by atoms with Gasteiger partial charge in [0.1, 0.15) is 23.2 Å². The first-order chi connectivity index (χ1) is 22.8. The van der Waals surface area contributed by atoms with E-state index in [-0.39, 0.29) is 23.2 Å². The molecule has 1 N–H and O–H groups in total. The number of non-ortho nitro benzene ring substituents is 1. The van der Waals surface area contributed by atoms with Crippen molar-refractivity contribution in [1.82, 2.24) is 20.2 Å². The average Bonchev–Trinajstić information content (AvgIpc) is 3.78. The molecule has 4 aromatic carbocycles. The van der Waals surface area contributed by atoms with E-state index in [0.29, 0.717) is 33.6 Å². The lowest BCUT2D eigenvalue weighted by Crippen LogP contribution is -2.20. The molecule has 236 valence electrons. The van der Waals surface area contributed by atoms with Gasteiger partial charge in [0.2, 0.25) is 0 Å². The van der Waals surface area contributed by atoms with E-state index < -0.39 is 10.8 Å². The van der Waals surface area contributed by atoms with E-state index in [4.69, 9.17) is 9.15 Å². The van der Waals surface area contributed by atoms with Crippen molar-refractivity contribution in [3.8, 4) is 22.8 Å². The molecule has 6 aromatic rings. The van der Waals surface area contributed by atoms with Gasteiger partial charge < -0.3 is 9.15 Å². The maximum absolute atomic E-state index is 13.9. The average molecular weight is 651 g/mol. The van der Waals surface area contributed by atoms with Gasteiger partial charge in [0.05, 0.1) is 30.3 Å². The van der Waals surface area contributed by atoms with Crippen molar-refractivity contribution in [2.45, 2.75) is 18.0 Å². The van der Waals surface area contributed by atoms with Crippen LogP contribution in [0.4, 0.5) is 10.1 Å². The Hall–Kier alpha value is -5.82. The normalized spacial score (nSPS) is 12.0. The van der Waals surface area contributed by atoms with Gasteiger partial charge >= 0.3 is 0 Å². The number of carbonyl (C=O) groups is 1. The van der Waals surface area contributed by atoms with E-state index in [1.165, 1.54) is 36.7 Å². The zero-order chi connectivity index (χ0) is 32.9. The molecule has 0 aliphatic heterocycles. The van der Waals surface area contributed by atoms with Crippen LogP contribution < -0.4 is 10.2 Å². The summed E-state index contributed by atoms with van der Waals surface area (Å²) in [6.45, 7) is 2.01. The molecule has 11 nitrogen and oxygen atoms in total. The van der Waals surface area contributed by atoms with Crippen LogP contribution in [0.3, 0.4) is 0 Å². The van der Waals surface area contributed by atoms with Crippen molar-refractivity contribution in [2.75, 3.05) is 12.9 Å². The monoisotopic (exact) mass is 650 g/mol. The molecule has 1 amide bonds. The Balaban J connectivity index is 1.22. The molecule has 1 unspecified atom stereocenters. The lowest BCUT2D eigenvalue weighted by atomic mass is 9.97. The minimum Gasteiger partial charge on any atom is -0.497 e. The van der Waals surface area contributed by atoms with Gasteiger partial charge in [-0.1, -0.05) is 43.0 Å². The summed E-state index contributed by atoms with van der Waals surface area (Å²) in [6.07, 6.45) is 2.82. The molecule has 0 aliphatic carbocycles. The number of nitrogens with one attached hydrogen (secondary N) is 1.